The van der Waals surface area contributed by atoms with Gasteiger partial charge in [-0.3, -0.25) is 20.2 Å². The molecule has 0 aliphatic rings. The van der Waals surface area contributed by atoms with Gasteiger partial charge in [-0.25, -0.2) is 0 Å². The Hall–Kier alpha value is -2.88. The van der Waals surface area contributed by atoms with Gasteiger partial charge in [0.25, 0.3) is 11.4 Å². The van der Waals surface area contributed by atoms with Gasteiger partial charge in [-0.1, -0.05) is 0 Å². The van der Waals surface area contributed by atoms with Crippen molar-refractivity contribution in [2.45, 2.75) is 12.2 Å². The smallest absolute Gasteiger partial charge is 0.269 e. The van der Waals surface area contributed by atoms with E-state index < -0.39 is 9.85 Å². The molecule has 0 fully saturated rings. The maximum atomic E-state index is 10.7. The summed E-state index contributed by atoms with van der Waals surface area (Å²) in [6.07, 6.45) is -0.777. The minimum atomic E-state index is -0.463. The van der Waals surface area contributed by atoms with Gasteiger partial charge < -0.3 is 14.2 Å². The fourth-order valence-corrected chi connectivity index (χ4v) is 2.50. The van der Waals surface area contributed by atoms with Gasteiger partial charge in [0.05, 0.1) is 23.1 Å². The van der Waals surface area contributed by atoms with Crippen LogP contribution in [0.2, 0.25) is 0 Å². The van der Waals surface area contributed by atoms with Gasteiger partial charge in [-0.05, 0) is 35.4 Å². The third kappa shape index (κ3) is 5.55. The summed E-state index contributed by atoms with van der Waals surface area (Å²) < 4.78 is 16.5. The van der Waals surface area contributed by atoms with E-state index in [0.29, 0.717) is 0 Å². The van der Waals surface area contributed by atoms with Crippen LogP contribution in [-0.4, -0.2) is 37.3 Å². The highest BCUT2D eigenvalue weighted by molar-refractivity contribution is 5.34. The molecule has 2 aromatic carbocycles. The minimum absolute atomic E-state index is 0.00661. The lowest BCUT2D eigenvalue weighted by molar-refractivity contribution is -0.385. The van der Waals surface area contributed by atoms with Crippen molar-refractivity contribution < 1.29 is 24.1 Å². The third-order valence-corrected chi connectivity index (χ3v) is 4.06. The van der Waals surface area contributed by atoms with Crippen LogP contribution in [0, 0.1) is 20.2 Å². The lowest BCUT2D eigenvalue weighted by Gasteiger charge is -2.19. The van der Waals surface area contributed by atoms with E-state index in [1.807, 2.05) is 0 Å². The van der Waals surface area contributed by atoms with E-state index in [4.69, 9.17) is 14.2 Å². The van der Waals surface area contributed by atoms with Crippen LogP contribution in [0.1, 0.15) is 23.3 Å². The molecular weight excluding hydrogens is 356 g/mol. The van der Waals surface area contributed by atoms with Gasteiger partial charge in [0, 0.05) is 38.5 Å². The van der Waals surface area contributed by atoms with E-state index in [1.165, 1.54) is 38.5 Å². The number of nitro benzene ring substituents is 2. The molecule has 0 saturated carbocycles. The van der Waals surface area contributed by atoms with Crippen molar-refractivity contribution in [2.75, 3.05) is 27.4 Å². The number of ether oxygens (including phenoxy) is 3. The van der Waals surface area contributed by atoms with Crippen molar-refractivity contribution in [1.82, 2.24) is 0 Å². The summed E-state index contributed by atoms with van der Waals surface area (Å²) in [5.41, 5.74) is 1.53. The predicted molar refractivity (Wildman–Crippen MR) is 96.5 cm³/mol. The monoisotopic (exact) mass is 376 g/mol. The Morgan fingerprint density at radius 3 is 1.33 bits per heavy atom. The number of hydrogen-bond donors (Lipinski definition) is 0. The number of nitro groups is 2. The number of non-ortho nitro benzene ring substituents is 2. The van der Waals surface area contributed by atoms with Gasteiger partial charge in [-0.2, -0.15) is 0 Å². The summed E-state index contributed by atoms with van der Waals surface area (Å²) in [7, 11) is 3.05. The summed E-state index contributed by atoms with van der Waals surface area (Å²) in [6, 6.07) is 12.2. The van der Waals surface area contributed by atoms with Crippen molar-refractivity contribution in [3.05, 3.63) is 79.9 Å². The van der Waals surface area contributed by atoms with Crippen molar-refractivity contribution in [3.63, 3.8) is 0 Å². The quantitative estimate of drug-likeness (QED) is 0.460. The van der Waals surface area contributed by atoms with Crippen LogP contribution < -0.4 is 0 Å². The second kappa shape index (κ2) is 9.72. The number of methoxy groups -OCH3 is 2. The first-order valence-corrected chi connectivity index (χ1v) is 8.08. The molecule has 0 bridgehead atoms. The fraction of sp³-hybridized carbons (Fsp3) is 0.333. The lowest BCUT2D eigenvalue weighted by Crippen LogP contribution is -2.15. The van der Waals surface area contributed by atoms with E-state index in [1.54, 1.807) is 24.3 Å². The molecule has 2 rings (SSSR count). The van der Waals surface area contributed by atoms with Gasteiger partial charge in [0.2, 0.25) is 0 Å². The van der Waals surface area contributed by atoms with Crippen LogP contribution in [0.4, 0.5) is 11.4 Å². The molecule has 27 heavy (non-hydrogen) atoms. The fourth-order valence-electron chi connectivity index (χ4n) is 2.50. The van der Waals surface area contributed by atoms with Crippen LogP contribution in [0.5, 0.6) is 0 Å². The van der Waals surface area contributed by atoms with E-state index >= 15 is 0 Å². The van der Waals surface area contributed by atoms with Crippen LogP contribution in [-0.2, 0) is 14.2 Å². The summed E-state index contributed by atoms with van der Waals surface area (Å²) in [6.45, 7) is 0.447. The normalized spacial score (nSPS) is 13.1. The molecule has 0 heterocycles. The number of hydrogen-bond acceptors (Lipinski definition) is 7. The van der Waals surface area contributed by atoms with Gasteiger partial charge in [0.1, 0.15) is 12.2 Å². The van der Waals surface area contributed by atoms with Crippen molar-refractivity contribution >= 4 is 11.4 Å². The zero-order valence-corrected chi connectivity index (χ0v) is 14.9. The molecule has 0 radical (unpaired) electrons. The molecule has 2 aromatic rings. The molecule has 9 heteroatoms. The predicted octanol–water partition coefficient (Wildman–Crippen LogP) is 3.59. The van der Waals surface area contributed by atoms with E-state index in [0.717, 1.165) is 11.1 Å². The van der Waals surface area contributed by atoms with E-state index in [2.05, 4.69) is 0 Å². The molecule has 144 valence electrons. The van der Waals surface area contributed by atoms with Gasteiger partial charge in [0.15, 0.2) is 0 Å². The van der Waals surface area contributed by atoms with Crippen LogP contribution in [0.15, 0.2) is 48.5 Å². The zero-order valence-electron chi connectivity index (χ0n) is 14.9. The summed E-state index contributed by atoms with van der Waals surface area (Å²) in [5.74, 6) is 0. The molecule has 9 nitrogen and oxygen atoms in total. The highest BCUT2D eigenvalue weighted by Gasteiger charge is 2.16. The lowest BCUT2D eigenvalue weighted by atomic mass is 10.1. The molecule has 0 aromatic heterocycles. The highest BCUT2D eigenvalue weighted by Crippen LogP contribution is 2.23. The first kappa shape index (κ1) is 20.4. The number of rotatable bonds is 10. The van der Waals surface area contributed by atoms with E-state index in [9.17, 15) is 20.2 Å². The maximum Gasteiger partial charge on any atom is 0.269 e. The highest BCUT2D eigenvalue weighted by atomic mass is 16.6. The molecule has 0 aliphatic carbocycles. The van der Waals surface area contributed by atoms with Crippen LogP contribution >= 0.6 is 0 Å². The van der Waals surface area contributed by atoms with E-state index in [-0.39, 0.29) is 36.8 Å². The molecule has 0 saturated heterocycles. The largest absolute Gasteiger partial charge is 0.375 e. The van der Waals surface area contributed by atoms with Gasteiger partial charge >= 0.3 is 0 Å². The Balaban J connectivity index is 1.94. The first-order valence-electron chi connectivity index (χ1n) is 8.08. The molecule has 2 unspecified atom stereocenters. The molecule has 0 spiro atoms. The topological polar surface area (TPSA) is 114 Å². The van der Waals surface area contributed by atoms with Crippen molar-refractivity contribution in [3.8, 4) is 0 Å². The summed E-state index contributed by atoms with van der Waals surface area (Å²) >= 11 is 0. The summed E-state index contributed by atoms with van der Waals surface area (Å²) in [4.78, 5) is 20.5. The average molecular weight is 376 g/mol. The number of nitrogens with zero attached hydrogens (tertiary/aromatic N) is 2. The second-order valence-electron chi connectivity index (χ2n) is 5.68. The Kier molecular flexibility index (Phi) is 7.35. The molecule has 2 atom stereocenters. The summed E-state index contributed by atoms with van der Waals surface area (Å²) in [5, 5.41) is 21.4. The van der Waals surface area contributed by atoms with Gasteiger partial charge in [-0.15, -0.1) is 0 Å². The SMILES string of the molecule is COC(COCC(OC)c1ccc([N+](=O)[O-])cc1)c1ccc([N+](=O)[O-])cc1. The second-order valence-corrected chi connectivity index (χ2v) is 5.68. The van der Waals surface area contributed by atoms with Crippen molar-refractivity contribution in [2.24, 2.45) is 0 Å². The molecule has 0 aliphatic heterocycles. The Morgan fingerprint density at radius 1 is 0.741 bits per heavy atom. The molecular formula is C18H20N2O7. The Morgan fingerprint density at radius 2 is 1.07 bits per heavy atom. The third-order valence-electron chi connectivity index (χ3n) is 4.06. The van der Waals surface area contributed by atoms with Crippen molar-refractivity contribution in [1.29, 1.82) is 0 Å². The maximum absolute atomic E-state index is 10.7. The average Bonchev–Trinajstić information content (AvgIpc) is 2.68. The Labute approximate surface area is 155 Å². The van der Waals surface area contributed by atoms with Crippen LogP contribution in [0.3, 0.4) is 0 Å². The molecule has 0 N–H and O–H groups in total. The standard InChI is InChI=1S/C18H20N2O7/c1-25-17(13-3-7-15(8-4-13)19(21)22)11-27-12-18(26-2)14-5-9-16(10-6-14)20(23)24/h3-10,17-18H,11-12H2,1-2H3. The first-order chi connectivity index (χ1) is 13.0. The number of benzene rings is 2. The zero-order chi connectivity index (χ0) is 19.8. The molecule has 0 amide bonds. The Bertz CT molecular complexity index is 697. The van der Waals surface area contributed by atoms with Crippen LogP contribution in [0.25, 0.3) is 0 Å². The minimum Gasteiger partial charge on any atom is -0.375 e.